The summed E-state index contributed by atoms with van der Waals surface area (Å²) in [5, 5.41) is 18.6. The number of fused-ring (bicyclic) bond motifs is 1. The number of hydrogen-bond donors (Lipinski definition) is 3. The molecule has 0 spiro atoms. The van der Waals surface area contributed by atoms with Crippen LogP contribution in [-0.2, 0) is 0 Å². The van der Waals surface area contributed by atoms with E-state index in [0.29, 0.717) is 39.5 Å². The number of hydrogen-bond acceptors (Lipinski definition) is 8. The number of aromatic hydroxyl groups is 1. The molecule has 0 aliphatic heterocycles. The third-order valence-electron chi connectivity index (χ3n) is 5.40. The Balaban J connectivity index is 1.41. The van der Waals surface area contributed by atoms with Gasteiger partial charge in [0, 0.05) is 5.56 Å². The van der Waals surface area contributed by atoms with Gasteiger partial charge in [-0.25, -0.2) is 9.67 Å². The van der Waals surface area contributed by atoms with Crippen molar-refractivity contribution in [2.75, 3.05) is 0 Å². The Morgan fingerprint density at radius 2 is 1.77 bits per heavy atom. The lowest BCUT2D eigenvalue weighted by Gasteiger charge is -2.08. The molecule has 0 saturated carbocycles. The number of rotatable bonds is 4. The highest BCUT2D eigenvalue weighted by Crippen LogP contribution is 2.30. The number of furan rings is 1. The summed E-state index contributed by atoms with van der Waals surface area (Å²) in [6.07, 6.45) is 1.31. The second kappa shape index (κ2) is 8.45. The summed E-state index contributed by atoms with van der Waals surface area (Å²) in [6, 6.07) is 12.4. The zero-order valence-electron chi connectivity index (χ0n) is 19.0. The van der Waals surface area contributed by atoms with Gasteiger partial charge in [0.25, 0.3) is 17.5 Å². The maximum Gasteiger partial charge on any atom is 0.294 e. The molecule has 0 aliphatic rings. The molecule has 35 heavy (non-hydrogen) atoms. The minimum absolute atomic E-state index is 0.175. The highest BCUT2D eigenvalue weighted by Gasteiger charge is 2.23. The lowest BCUT2D eigenvalue weighted by atomic mass is 10.1. The second-order valence-corrected chi connectivity index (χ2v) is 7.88. The maximum atomic E-state index is 13.1. The minimum atomic E-state index is -0.792. The van der Waals surface area contributed by atoms with Crippen LogP contribution in [0.4, 0.5) is 0 Å². The van der Waals surface area contributed by atoms with Crippen LogP contribution in [0, 0.1) is 20.8 Å². The molecule has 0 fully saturated rings. The minimum Gasteiger partial charge on any atom is -0.504 e. The number of carbonyl (C=O) groups is 2. The molecule has 1 aromatic carbocycles. The topological polar surface area (TPSA) is 148 Å². The molecule has 0 unspecified atom stereocenters. The van der Waals surface area contributed by atoms with Gasteiger partial charge >= 0.3 is 0 Å². The van der Waals surface area contributed by atoms with E-state index >= 15 is 0 Å². The van der Waals surface area contributed by atoms with Crippen molar-refractivity contribution in [3.63, 3.8) is 0 Å². The largest absolute Gasteiger partial charge is 0.504 e. The van der Waals surface area contributed by atoms with Crippen molar-refractivity contribution in [1.29, 1.82) is 0 Å². The molecule has 11 nitrogen and oxygen atoms in total. The summed E-state index contributed by atoms with van der Waals surface area (Å²) in [6.45, 7) is 5.29. The van der Waals surface area contributed by atoms with Gasteiger partial charge in [0.2, 0.25) is 0 Å². The van der Waals surface area contributed by atoms with Gasteiger partial charge in [0.05, 0.1) is 34.2 Å². The Labute approximate surface area is 198 Å². The number of benzene rings is 1. The molecule has 0 bridgehead atoms. The third-order valence-corrected chi connectivity index (χ3v) is 5.40. The third kappa shape index (κ3) is 3.99. The molecular formula is C24H20N6O5. The van der Waals surface area contributed by atoms with Crippen molar-refractivity contribution in [2.45, 2.75) is 20.8 Å². The van der Waals surface area contributed by atoms with Crippen LogP contribution >= 0.6 is 0 Å². The van der Waals surface area contributed by atoms with Crippen LogP contribution in [0.3, 0.4) is 0 Å². The summed E-state index contributed by atoms with van der Waals surface area (Å²) in [7, 11) is 0. The quantitative estimate of drug-likeness (QED) is 0.337. The van der Waals surface area contributed by atoms with Gasteiger partial charge in [-0.2, -0.15) is 5.10 Å². The van der Waals surface area contributed by atoms with E-state index in [0.717, 1.165) is 0 Å². The summed E-state index contributed by atoms with van der Waals surface area (Å²) in [5.41, 5.74) is 7.06. The molecule has 0 atom stereocenters. The van der Waals surface area contributed by atoms with E-state index in [1.807, 2.05) is 19.1 Å². The van der Waals surface area contributed by atoms with Crippen LogP contribution in [0.5, 0.6) is 5.75 Å². The first kappa shape index (κ1) is 21.9. The summed E-state index contributed by atoms with van der Waals surface area (Å²) < 4.78 is 12.2. The van der Waals surface area contributed by atoms with Crippen LogP contribution in [0.15, 0.2) is 57.6 Å². The molecular weight excluding hydrogens is 452 g/mol. The lowest BCUT2D eigenvalue weighted by Crippen LogP contribution is -2.42. The van der Waals surface area contributed by atoms with E-state index in [-0.39, 0.29) is 22.7 Å². The number of aromatic nitrogens is 4. The average molecular weight is 472 g/mol. The zero-order chi connectivity index (χ0) is 24.7. The number of nitrogens with zero attached hydrogens (tertiary/aromatic N) is 4. The van der Waals surface area contributed by atoms with Gasteiger partial charge in [0.1, 0.15) is 11.5 Å². The number of carbonyl (C=O) groups excluding carboxylic acids is 2. The molecule has 0 aliphatic carbocycles. The normalized spacial score (nSPS) is 11.1. The second-order valence-electron chi connectivity index (χ2n) is 7.88. The van der Waals surface area contributed by atoms with Crippen molar-refractivity contribution >= 4 is 22.9 Å². The van der Waals surface area contributed by atoms with Crippen molar-refractivity contribution in [3.05, 3.63) is 77.1 Å². The average Bonchev–Trinajstić information content (AvgIpc) is 3.53. The summed E-state index contributed by atoms with van der Waals surface area (Å²) >= 11 is 0. The van der Waals surface area contributed by atoms with Gasteiger partial charge in [0.15, 0.2) is 11.4 Å². The van der Waals surface area contributed by atoms with Crippen molar-refractivity contribution in [3.8, 4) is 22.7 Å². The molecule has 4 heterocycles. The lowest BCUT2D eigenvalue weighted by molar-refractivity contribution is 0.0843. The van der Waals surface area contributed by atoms with Crippen molar-refractivity contribution in [2.24, 2.45) is 0 Å². The SMILES string of the molecule is Cc1cc(-c2cc(C(=O)NNC(=O)c3nn(-c4ccccc4)cc3O)c3c(C)noc3n2)c(C)o1. The van der Waals surface area contributed by atoms with Crippen molar-refractivity contribution in [1.82, 2.24) is 30.8 Å². The zero-order valence-corrected chi connectivity index (χ0v) is 19.0. The molecule has 5 aromatic rings. The number of pyridine rings is 1. The van der Waals surface area contributed by atoms with E-state index in [1.165, 1.54) is 10.9 Å². The predicted octanol–water partition coefficient (Wildman–Crippen LogP) is 3.37. The van der Waals surface area contributed by atoms with Crippen LogP contribution in [0.1, 0.15) is 38.1 Å². The van der Waals surface area contributed by atoms with Gasteiger partial charge in [-0.3, -0.25) is 20.4 Å². The standard InChI is InChI=1S/C24H20N6O5/c1-12-9-16(14(3)34-12)18-10-17(20-13(2)29-35-24(20)25-18)22(32)26-27-23(33)21-19(31)11-30(28-21)15-7-5-4-6-8-15/h4-11,31H,1-3H3,(H,26,32)(H,27,33). The fraction of sp³-hybridized carbons (Fsp3) is 0.125. The monoisotopic (exact) mass is 472 g/mol. The fourth-order valence-corrected chi connectivity index (χ4v) is 3.78. The highest BCUT2D eigenvalue weighted by molar-refractivity contribution is 6.08. The smallest absolute Gasteiger partial charge is 0.294 e. The van der Waals surface area contributed by atoms with E-state index in [9.17, 15) is 14.7 Å². The number of amides is 2. The predicted molar refractivity (Wildman–Crippen MR) is 124 cm³/mol. The first-order chi connectivity index (χ1) is 16.8. The Kier molecular flexibility index (Phi) is 5.28. The van der Waals surface area contributed by atoms with Crippen LogP contribution in [0.25, 0.3) is 28.0 Å². The van der Waals surface area contributed by atoms with Crippen LogP contribution in [0.2, 0.25) is 0 Å². The number of nitrogens with one attached hydrogen (secondary N) is 2. The van der Waals surface area contributed by atoms with Gasteiger partial charge in [-0.15, -0.1) is 0 Å². The first-order valence-corrected chi connectivity index (χ1v) is 10.6. The van der Waals surface area contributed by atoms with Gasteiger partial charge < -0.3 is 14.0 Å². The van der Waals surface area contributed by atoms with E-state index in [1.54, 1.807) is 44.2 Å². The molecule has 5 rings (SSSR count). The molecule has 4 aromatic heterocycles. The summed E-state index contributed by atoms with van der Waals surface area (Å²) in [5.74, 6) is -0.427. The number of hydrazine groups is 1. The highest BCUT2D eigenvalue weighted by atomic mass is 16.5. The Morgan fingerprint density at radius 1 is 1.03 bits per heavy atom. The molecule has 0 radical (unpaired) electrons. The maximum absolute atomic E-state index is 13.1. The molecule has 0 saturated heterocycles. The molecule has 176 valence electrons. The Bertz CT molecular complexity index is 1580. The van der Waals surface area contributed by atoms with E-state index in [4.69, 9.17) is 8.94 Å². The van der Waals surface area contributed by atoms with Gasteiger partial charge in [-0.05, 0) is 45.0 Å². The first-order valence-electron chi connectivity index (χ1n) is 10.6. The van der Waals surface area contributed by atoms with Crippen LogP contribution in [-0.4, -0.2) is 36.8 Å². The van der Waals surface area contributed by atoms with Gasteiger partial charge in [-0.1, -0.05) is 23.4 Å². The van der Waals surface area contributed by atoms with Crippen LogP contribution < -0.4 is 10.9 Å². The molecule has 2 amide bonds. The molecule has 11 heteroatoms. The van der Waals surface area contributed by atoms with Crippen molar-refractivity contribution < 1.29 is 23.6 Å². The number of aryl methyl sites for hydroxylation is 3. The Morgan fingerprint density at radius 3 is 2.49 bits per heavy atom. The summed E-state index contributed by atoms with van der Waals surface area (Å²) in [4.78, 5) is 30.2. The fourth-order valence-electron chi connectivity index (χ4n) is 3.78. The number of para-hydroxylation sites is 1. The Hall–Kier alpha value is -4.93. The van der Waals surface area contributed by atoms with E-state index in [2.05, 4.69) is 26.1 Å². The van der Waals surface area contributed by atoms with E-state index < -0.39 is 11.8 Å². The molecule has 3 N–H and O–H groups in total.